The predicted molar refractivity (Wildman–Crippen MR) is 368 cm³/mol. The zero-order chi connectivity index (χ0) is 66.2. The van der Waals surface area contributed by atoms with E-state index in [1.165, 1.54) is 36.6 Å². The minimum absolute atomic E-state index is 0.0328. The minimum Gasteiger partial charge on any atom is -0.512 e. The summed E-state index contributed by atoms with van der Waals surface area (Å²) in [6.45, 7) is 6.06. The molecule has 0 heterocycles. The van der Waals surface area contributed by atoms with E-state index in [1.54, 1.807) is 67.8 Å². The molecule has 91 heavy (non-hydrogen) atoms. The van der Waals surface area contributed by atoms with Gasteiger partial charge in [-0.2, -0.15) is 0 Å². The maximum absolute atomic E-state index is 12.1. The molecule has 476 valence electrons. The molecule has 0 bridgehead atoms. The number of carbonyl (C=O) groups is 5. The fraction of sp³-hybridized carbons (Fsp3) is 0.286. The van der Waals surface area contributed by atoms with Crippen molar-refractivity contribution in [3.05, 3.63) is 196 Å². The maximum Gasteiger partial charge on any atom is 0.168 e. The van der Waals surface area contributed by atoms with Gasteiger partial charge in [-0.15, -0.1) is 0 Å². The van der Waals surface area contributed by atoms with Crippen molar-refractivity contribution in [1.29, 1.82) is 0 Å². The Hall–Kier alpha value is -8.06. The average molecular weight is 1380 g/mol. The van der Waals surface area contributed by atoms with E-state index in [2.05, 4.69) is 47.8 Å². The Labute approximate surface area is 557 Å². The van der Waals surface area contributed by atoms with E-state index in [9.17, 15) is 49.5 Å². The molecule has 5 aliphatic carbocycles. The van der Waals surface area contributed by atoms with Gasteiger partial charge in [-0.1, -0.05) is 95.2 Å². The number of carbonyl (C=O) groups excluding carboxylic acids is 5. The molecule has 0 aliphatic heterocycles. The first-order valence-electron chi connectivity index (χ1n) is 29.3. The molecule has 10 rings (SSSR count). The number of ketones is 5. The van der Waals surface area contributed by atoms with E-state index in [-0.39, 0.29) is 74.3 Å². The van der Waals surface area contributed by atoms with Crippen LogP contribution in [0.1, 0.15) is 116 Å². The Kier molecular flexibility index (Phi) is 28.1. The lowest BCUT2D eigenvalue weighted by Crippen LogP contribution is -2.26. The molecule has 0 fully saturated rings. The molecule has 5 aliphatic rings. The van der Waals surface area contributed by atoms with Crippen molar-refractivity contribution in [2.45, 2.75) is 117 Å². The van der Waals surface area contributed by atoms with Crippen molar-refractivity contribution in [2.24, 2.45) is 30.4 Å². The summed E-state index contributed by atoms with van der Waals surface area (Å²) in [6, 6.07) is 32.3. The van der Waals surface area contributed by atoms with Crippen molar-refractivity contribution in [3.63, 3.8) is 0 Å². The highest BCUT2D eigenvalue weighted by atomic mass is 79.9. The summed E-state index contributed by atoms with van der Waals surface area (Å²) in [7, 11) is 1.60. The third-order valence-electron chi connectivity index (χ3n) is 14.3. The van der Waals surface area contributed by atoms with E-state index in [1.807, 2.05) is 62.4 Å². The standard InChI is InChI=1S/C17H21NO2.C14H15NO3.C13H12BrNO2.2C13H11Cl2NO2/c1-4-12-6-5-7-13(8-12)18-11-14-15(19)9-17(2,3)10-16(14)20;1-18-11-7-5-10(6-8-11)15-9-12-13(16)3-2-4-14(12)17;14-9-4-6-10(7-5-9)15-8-11-12(16)2-1-3-13(11)17;14-8-4-5-11(10(15)6-8)16-7-9-12(17)2-1-3-13(9)18;14-10-5-4-8(6-11(10)15)16-7-9-12(17)2-1-3-13(9)18/h5-8,11,19H,4,9-10H2,1-3H3;5-9,16H,2-4H2,1H3;4-8,16H,1-3H2;2*4-7,17H,1-3H2. The summed E-state index contributed by atoms with van der Waals surface area (Å²) in [6.07, 6.45) is 15.9. The van der Waals surface area contributed by atoms with E-state index in [0.29, 0.717) is 132 Å². The molecule has 5 aromatic rings. The van der Waals surface area contributed by atoms with Gasteiger partial charge in [0.15, 0.2) is 28.9 Å². The first-order chi connectivity index (χ1) is 43.4. The van der Waals surface area contributed by atoms with Crippen LogP contribution in [0.3, 0.4) is 0 Å². The van der Waals surface area contributed by atoms with Gasteiger partial charge in [-0.05, 0) is 140 Å². The Morgan fingerprint density at radius 3 is 1.29 bits per heavy atom. The van der Waals surface area contributed by atoms with Gasteiger partial charge in [0.25, 0.3) is 0 Å². The summed E-state index contributed by atoms with van der Waals surface area (Å²) in [5.74, 6) is 1.13. The number of nitrogens with zero attached hydrogens (tertiary/aromatic N) is 5. The number of hydrogen-bond acceptors (Lipinski definition) is 16. The number of aryl methyl sites for hydroxylation is 1. The first-order valence-corrected chi connectivity index (χ1v) is 31.6. The number of aliphatic hydroxyl groups is 5. The molecular formula is C70H70BrCl4N5O11. The number of rotatable bonds is 12. The first kappa shape index (κ1) is 72.0. The summed E-state index contributed by atoms with van der Waals surface area (Å²) in [5.41, 5.74) is 6.00. The van der Waals surface area contributed by atoms with Gasteiger partial charge >= 0.3 is 0 Å². The molecule has 0 unspecified atom stereocenters. The van der Waals surface area contributed by atoms with Crippen LogP contribution in [0.5, 0.6) is 5.75 Å². The molecule has 0 atom stereocenters. The van der Waals surface area contributed by atoms with Crippen LogP contribution in [0, 0.1) is 5.41 Å². The highest BCUT2D eigenvalue weighted by molar-refractivity contribution is 9.10. The summed E-state index contributed by atoms with van der Waals surface area (Å²) in [4.78, 5) is 79.3. The largest absolute Gasteiger partial charge is 0.512 e. The van der Waals surface area contributed by atoms with Gasteiger partial charge in [0.05, 0.1) is 78.5 Å². The molecule has 0 saturated heterocycles. The minimum atomic E-state index is -0.166. The summed E-state index contributed by atoms with van der Waals surface area (Å²) < 4.78 is 6.02. The van der Waals surface area contributed by atoms with Crippen LogP contribution in [0.25, 0.3) is 0 Å². The fourth-order valence-electron chi connectivity index (χ4n) is 9.31. The van der Waals surface area contributed by atoms with E-state index in [4.69, 9.17) is 51.1 Å². The number of ether oxygens (including phenoxy) is 1. The van der Waals surface area contributed by atoms with Crippen LogP contribution in [0.15, 0.2) is 195 Å². The van der Waals surface area contributed by atoms with Gasteiger partial charge in [-0.25, -0.2) is 0 Å². The molecule has 5 N–H and O–H groups in total. The number of methoxy groups -OCH3 is 1. The van der Waals surface area contributed by atoms with Crippen LogP contribution in [-0.2, 0) is 30.4 Å². The van der Waals surface area contributed by atoms with Crippen LogP contribution in [-0.4, -0.2) is 92.6 Å². The molecule has 0 spiro atoms. The zero-order valence-electron chi connectivity index (χ0n) is 50.7. The Bertz CT molecular complexity index is 3820. The SMILES string of the molecule is CCc1cccc(N=CC2=C(O)CC(C)(C)CC2=O)c1.COc1ccc(N=CC2=C(O)CCCC2=O)cc1.O=C1CCCC(O)=C1C=Nc1ccc(Br)cc1.O=C1CCCC(O)=C1C=Nc1ccc(Cl)c(Cl)c1.O=C1CCCC(O)=C1C=Nc1ccc(Cl)cc1Cl. The number of hydrogen-bond donors (Lipinski definition) is 5. The number of benzene rings is 5. The number of allylic oxidation sites excluding steroid dienone is 10. The molecule has 0 radical (unpaired) electrons. The van der Waals surface area contributed by atoms with Gasteiger partial charge in [0.1, 0.15) is 34.5 Å². The number of aliphatic imine (C=N–C) groups is 5. The average Bonchev–Trinajstić information content (AvgIpc) is 1.58. The molecule has 21 heteroatoms. The second kappa shape index (κ2) is 35.5. The maximum atomic E-state index is 12.1. The Balaban J connectivity index is 0.000000181. The van der Waals surface area contributed by atoms with E-state index in [0.717, 1.165) is 40.1 Å². The van der Waals surface area contributed by atoms with Gasteiger partial charge in [-0.3, -0.25) is 48.9 Å². The Morgan fingerprint density at radius 1 is 0.451 bits per heavy atom. The molecule has 0 saturated carbocycles. The third kappa shape index (κ3) is 23.0. The normalized spacial score (nSPS) is 17.1. The second-order valence-corrected chi connectivity index (χ2v) is 24.6. The fourth-order valence-corrected chi connectivity index (χ4v) is 10.3. The predicted octanol–water partition coefficient (Wildman–Crippen LogP) is 19.4. The van der Waals surface area contributed by atoms with Gasteiger partial charge in [0, 0.05) is 105 Å². The number of aliphatic hydroxyl groups excluding tert-OH is 5. The van der Waals surface area contributed by atoms with Crippen molar-refractivity contribution in [3.8, 4) is 5.75 Å². The number of Topliss-reactive ketones (excluding diaryl/α,β-unsaturated/α-hetero) is 5. The molecular weight excluding hydrogens is 1310 g/mol. The third-order valence-corrected chi connectivity index (χ3v) is 16.2. The lowest BCUT2D eigenvalue weighted by Gasteiger charge is -2.28. The van der Waals surface area contributed by atoms with Crippen LogP contribution < -0.4 is 4.74 Å². The summed E-state index contributed by atoms with van der Waals surface area (Å²) >= 11 is 26.7. The van der Waals surface area contributed by atoms with Crippen molar-refractivity contribution in [2.75, 3.05) is 7.11 Å². The quantitative estimate of drug-likeness (QED) is 0.0734. The molecule has 0 amide bonds. The monoisotopic (exact) mass is 1380 g/mol. The number of halogens is 5. The lowest BCUT2D eigenvalue weighted by molar-refractivity contribution is -0.118. The van der Waals surface area contributed by atoms with Crippen molar-refractivity contribution >= 4 is 151 Å². The topological polar surface area (TPSA) is 258 Å². The highest BCUT2D eigenvalue weighted by Crippen LogP contribution is 2.36. The smallest absolute Gasteiger partial charge is 0.168 e. The molecule has 16 nitrogen and oxygen atoms in total. The van der Waals surface area contributed by atoms with Crippen LogP contribution in [0.2, 0.25) is 20.1 Å². The van der Waals surface area contributed by atoms with Crippen LogP contribution in [0.4, 0.5) is 28.4 Å². The molecule has 5 aromatic carbocycles. The van der Waals surface area contributed by atoms with Gasteiger partial charge < -0.3 is 30.3 Å². The van der Waals surface area contributed by atoms with E-state index < -0.39 is 0 Å². The summed E-state index contributed by atoms with van der Waals surface area (Å²) in [5, 5.41) is 50.4. The van der Waals surface area contributed by atoms with Crippen LogP contribution >= 0.6 is 62.3 Å². The Morgan fingerprint density at radius 2 is 0.868 bits per heavy atom. The highest BCUT2D eigenvalue weighted by Gasteiger charge is 2.32. The van der Waals surface area contributed by atoms with E-state index >= 15 is 0 Å². The second-order valence-electron chi connectivity index (χ2n) is 22.0. The molecule has 0 aromatic heterocycles. The zero-order valence-corrected chi connectivity index (χ0v) is 55.3. The lowest BCUT2D eigenvalue weighted by atomic mass is 9.77. The van der Waals surface area contributed by atoms with Crippen molar-refractivity contribution < 1.29 is 54.2 Å². The van der Waals surface area contributed by atoms with Gasteiger partial charge in [0.2, 0.25) is 0 Å². The van der Waals surface area contributed by atoms with Crippen molar-refractivity contribution in [1.82, 2.24) is 0 Å².